The number of hydrogen-bond donors (Lipinski definition) is 1. The highest BCUT2D eigenvalue weighted by molar-refractivity contribution is 6.34. The first-order chi connectivity index (χ1) is 10.9. The number of carbonyl (C=O) groups excluding carboxylic acids is 1. The van der Waals surface area contributed by atoms with Gasteiger partial charge in [-0.1, -0.05) is 11.6 Å². The third-order valence-corrected chi connectivity index (χ3v) is 3.32. The van der Waals surface area contributed by atoms with Gasteiger partial charge >= 0.3 is 12.4 Å². The smallest absolute Gasteiger partial charge is 0.306 e. The average Bonchev–Trinajstić information content (AvgIpc) is 2.74. The molecule has 2 rings (SSSR count). The Morgan fingerprint density at radius 1 is 1.08 bits per heavy atom. The molecule has 0 spiro atoms. The fraction of sp³-hybridized carbons (Fsp3) is 0.231. The summed E-state index contributed by atoms with van der Waals surface area (Å²) in [6.07, 6.45) is -9.38. The van der Waals surface area contributed by atoms with Gasteiger partial charge in [-0.3, -0.25) is 9.48 Å². The summed E-state index contributed by atoms with van der Waals surface area (Å²) in [6, 6.07) is 3.15. The van der Waals surface area contributed by atoms with Crippen LogP contribution in [0.3, 0.4) is 0 Å². The first-order valence-corrected chi connectivity index (χ1v) is 6.57. The van der Waals surface area contributed by atoms with E-state index >= 15 is 0 Å². The number of carbonyl (C=O) groups is 1. The van der Waals surface area contributed by atoms with Crippen LogP contribution in [0.25, 0.3) is 0 Å². The molecule has 1 aromatic heterocycles. The summed E-state index contributed by atoms with van der Waals surface area (Å²) >= 11 is 5.56. The molecule has 1 aromatic carbocycles. The largest absolute Gasteiger partial charge is 0.436 e. The van der Waals surface area contributed by atoms with Crippen molar-refractivity contribution in [3.8, 4) is 0 Å². The van der Waals surface area contributed by atoms with E-state index < -0.39 is 40.4 Å². The topological polar surface area (TPSA) is 46.9 Å². The minimum atomic E-state index is -4.81. The zero-order valence-corrected chi connectivity index (χ0v) is 12.5. The Hall–Kier alpha value is -2.23. The number of nitrogens with one attached hydrogen (secondary N) is 1. The molecular formula is C13H8ClF6N3O. The van der Waals surface area contributed by atoms with E-state index in [1.807, 2.05) is 0 Å². The van der Waals surface area contributed by atoms with Gasteiger partial charge in [0.25, 0.3) is 5.91 Å². The van der Waals surface area contributed by atoms with Crippen molar-refractivity contribution in [3.05, 3.63) is 46.1 Å². The number of halogens is 7. The lowest BCUT2D eigenvalue weighted by atomic mass is 10.1. The van der Waals surface area contributed by atoms with Crippen LogP contribution in [0.2, 0.25) is 5.02 Å². The Morgan fingerprint density at radius 2 is 1.62 bits per heavy atom. The quantitative estimate of drug-likeness (QED) is 0.797. The summed E-state index contributed by atoms with van der Waals surface area (Å²) < 4.78 is 76.1. The molecule has 0 saturated heterocycles. The third kappa shape index (κ3) is 3.64. The lowest BCUT2D eigenvalue weighted by Crippen LogP contribution is -2.15. The van der Waals surface area contributed by atoms with E-state index in [0.717, 1.165) is 19.2 Å². The molecule has 0 saturated carbocycles. The van der Waals surface area contributed by atoms with Gasteiger partial charge in [0.15, 0.2) is 11.5 Å². The number of aryl methyl sites for hydroxylation is 1. The first-order valence-electron chi connectivity index (χ1n) is 6.19. The van der Waals surface area contributed by atoms with Crippen molar-refractivity contribution in [2.75, 3.05) is 5.32 Å². The van der Waals surface area contributed by atoms with Crippen LogP contribution >= 0.6 is 11.6 Å². The molecule has 0 aliphatic rings. The highest BCUT2D eigenvalue weighted by atomic mass is 35.5. The van der Waals surface area contributed by atoms with Gasteiger partial charge in [-0.25, -0.2) is 0 Å². The minimum Gasteiger partial charge on any atom is -0.306 e. The van der Waals surface area contributed by atoms with E-state index in [0.29, 0.717) is 16.8 Å². The van der Waals surface area contributed by atoms with Gasteiger partial charge in [-0.2, -0.15) is 31.4 Å². The predicted molar refractivity (Wildman–Crippen MR) is 72.6 cm³/mol. The summed E-state index contributed by atoms with van der Waals surface area (Å²) in [5.74, 6) is -1.35. The number of hydrogen-bond acceptors (Lipinski definition) is 2. The molecule has 0 unspecified atom stereocenters. The third-order valence-electron chi connectivity index (χ3n) is 2.96. The molecule has 0 radical (unpaired) electrons. The molecule has 0 atom stereocenters. The zero-order chi connectivity index (χ0) is 18.3. The van der Waals surface area contributed by atoms with Gasteiger partial charge in [0.1, 0.15) is 5.02 Å². The number of benzene rings is 1. The second kappa shape index (κ2) is 6.00. The molecule has 24 heavy (non-hydrogen) atoms. The fourth-order valence-corrected chi connectivity index (χ4v) is 2.12. The van der Waals surface area contributed by atoms with E-state index in [9.17, 15) is 31.1 Å². The van der Waals surface area contributed by atoms with Crippen molar-refractivity contribution in [2.24, 2.45) is 7.05 Å². The number of amides is 1. The molecule has 0 fully saturated rings. The Bertz CT molecular complexity index is 764. The van der Waals surface area contributed by atoms with Crippen LogP contribution in [-0.4, -0.2) is 15.7 Å². The normalized spacial score (nSPS) is 12.3. The first kappa shape index (κ1) is 18.1. The van der Waals surface area contributed by atoms with E-state index in [4.69, 9.17) is 11.6 Å². The molecule has 130 valence electrons. The summed E-state index contributed by atoms with van der Waals surface area (Å²) in [6.45, 7) is 0. The summed E-state index contributed by atoms with van der Waals surface area (Å²) in [4.78, 5) is 12.0. The van der Waals surface area contributed by atoms with Crippen LogP contribution in [0.5, 0.6) is 0 Å². The highest BCUT2D eigenvalue weighted by Gasteiger charge is 2.39. The van der Waals surface area contributed by atoms with Gasteiger partial charge in [0.2, 0.25) is 0 Å². The summed E-state index contributed by atoms with van der Waals surface area (Å²) in [5.41, 5.74) is -2.53. The molecule has 1 amide bonds. The molecular weight excluding hydrogens is 364 g/mol. The van der Waals surface area contributed by atoms with Crippen molar-refractivity contribution in [1.29, 1.82) is 0 Å². The Labute approximate surface area is 136 Å². The number of aromatic nitrogens is 2. The van der Waals surface area contributed by atoms with Crippen LogP contribution in [0.15, 0.2) is 24.3 Å². The average molecular weight is 372 g/mol. The molecule has 0 bridgehead atoms. The molecule has 1 N–H and O–H groups in total. The zero-order valence-electron chi connectivity index (χ0n) is 11.8. The van der Waals surface area contributed by atoms with Crippen LogP contribution in [-0.2, 0) is 19.4 Å². The number of anilines is 1. The second-order valence-electron chi connectivity index (χ2n) is 4.66. The van der Waals surface area contributed by atoms with Crippen molar-refractivity contribution >= 4 is 23.3 Å². The maximum atomic E-state index is 12.7. The Morgan fingerprint density at radius 3 is 2.04 bits per heavy atom. The molecule has 0 aliphatic heterocycles. The van der Waals surface area contributed by atoms with E-state index in [2.05, 4.69) is 10.4 Å². The summed E-state index contributed by atoms with van der Waals surface area (Å²) in [7, 11) is 1.13. The number of nitrogens with zero attached hydrogens (tertiary/aromatic N) is 2. The van der Waals surface area contributed by atoms with E-state index in [1.165, 1.54) is 0 Å². The van der Waals surface area contributed by atoms with Crippen LogP contribution in [0, 0.1) is 0 Å². The molecule has 4 nitrogen and oxygen atoms in total. The van der Waals surface area contributed by atoms with Crippen LogP contribution < -0.4 is 5.32 Å². The number of rotatable bonds is 2. The lowest BCUT2D eigenvalue weighted by molar-refractivity contribution is -0.141. The van der Waals surface area contributed by atoms with Gasteiger partial charge < -0.3 is 5.32 Å². The molecule has 11 heteroatoms. The predicted octanol–water partition coefficient (Wildman–Crippen LogP) is 4.36. The van der Waals surface area contributed by atoms with Gasteiger partial charge in [0, 0.05) is 12.6 Å². The van der Waals surface area contributed by atoms with Crippen molar-refractivity contribution < 1.29 is 31.1 Å². The van der Waals surface area contributed by atoms with Crippen molar-refractivity contribution in [3.63, 3.8) is 0 Å². The monoisotopic (exact) mass is 371 g/mol. The van der Waals surface area contributed by atoms with Crippen LogP contribution in [0.1, 0.15) is 21.6 Å². The standard InChI is InChI=1S/C13H8ClF6N3O/c1-23-10(8(14)9(22-23)13(18,19)20)21-11(24)6-2-4-7(5-3-6)12(15,16)17/h2-5H,1H3,(H,21,24). The van der Waals surface area contributed by atoms with Crippen molar-refractivity contribution in [2.45, 2.75) is 12.4 Å². The molecule has 0 aliphatic carbocycles. The van der Waals surface area contributed by atoms with E-state index in [-0.39, 0.29) is 5.56 Å². The second-order valence-corrected chi connectivity index (χ2v) is 5.04. The molecule has 1 heterocycles. The molecule has 2 aromatic rings. The van der Waals surface area contributed by atoms with Crippen molar-refractivity contribution in [1.82, 2.24) is 9.78 Å². The van der Waals surface area contributed by atoms with Gasteiger partial charge in [-0.15, -0.1) is 0 Å². The maximum Gasteiger partial charge on any atom is 0.436 e. The van der Waals surface area contributed by atoms with Gasteiger partial charge in [-0.05, 0) is 24.3 Å². The number of alkyl halides is 6. The lowest BCUT2D eigenvalue weighted by Gasteiger charge is -2.09. The minimum absolute atomic E-state index is 0.186. The van der Waals surface area contributed by atoms with E-state index in [1.54, 1.807) is 0 Å². The SMILES string of the molecule is Cn1nc(C(F)(F)F)c(Cl)c1NC(=O)c1ccc(C(F)(F)F)cc1. The highest BCUT2D eigenvalue weighted by Crippen LogP contribution is 2.37. The van der Waals surface area contributed by atoms with Gasteiger partial charge in [0.05, 0.1) is 5.56 Å². The fourth-order valence-electron chi connectivity index (χ4n) is 1.81. The maximum absolute atomic E-state index is 12.7. The Kier molecular flexibility index (Phi) is 4.53. The summed E-state index contributed by atoms with van der Waals surface area (Å²) in [5, 5.41) is 4.45. The Balaban J connectivity index is 2.26. The van der Waals surface area contributed by atoms with Crippen LogP contribution in [0.4, 0.5) is 32.2 Å².